The number of sulfonamides is 1. The highest BCUT2D eigenvalue weighted by Crippen LogP contribution is 2.30. The monoisotopic (exact) mass is 583 g/mol. The third-order valence-corrected chi connectivity index (χ3v) is 7.24. The lowest BCUT2D eigenvalue weighted by molar-refractivity contribution is 0.0976. The van der Waals surface area contributed by atoms with Crippen LogP contribution < -0.4 is 4.72 Å². The van der Waals surface area contributed by atoms with Gasteiger partial charge in [0.1, 0.15) is 0 Å². The van der Waals surface area contributed by atoms with E-state index in [4.69, 9.17) is 34.8 Å². The van der Waals surface area contributed by atoms with Gasteiger partial charge in [-0.25, -0.2) is 17.8 Å². The van der Waals surface area contributed by atoms with Crippen LogP contribution in [0.1, 0.15) is 10.5 Å². The zero-order chi connectivity index (χ0) is 23.8. The number of halogens is 4. The summed E-state index contributed by atoms with van der Waals surface area (Å²) in [7, 11) is -4.13. The van der Waals surface area contributed by atoms with Crippen molar-refractivity contribution in [2.45, 2.75) is 4.90 Å². The van der Waals surface area contributed by atoms with Crippen molar-refractivity contribution in [1.29, 1.82) is 0 Å². The van der Waals surface area contributed by atoms with Crippen LogP contribution in [0.5, 0.6) is 0 Å². The molecule has 0 aliphatic heterocycles. The lowest BCUT2D eigenvalue weighted by atomic mass is 10.1. The summed E-state index contributed by atoms with van der Waals surface area (Å²) in [6.07, 6.45) is 0. The second kappa shape index (κ2) is 9.48. The predicted octanol–water partition coefficient (Wildman–Crippen LogP) is 6.38. The van der Waals surface area contributed by atoms with Gasteiger partial charge < -0.3 is 0 Å². The number of rotatable bonds is 5. The third kappa shape index (κ3) is 5.26. The molecule has 1 N–H and O–H groups in total. The number of carbonyl (C=O) groups excluding carboxylic acids is 1. The molecule has 1 heterocycles. The maximum Gasteiger partial charge on any atom is 0.285 e. The van der Waals surface area contributed by atoms with Crippen LogP contribution in [0, 0.1) is 0 Å². The van der Waals surface area contributed by atoms with Crippen LogP contribution in [0.3, 0.4) is 0 Å². The standard InChI is InChI=1S/C22H13BrCl3N3O3S/c23-14-3-1-13(2-4-14)21-12-19(27-29(21)20-10-7-16(25)11-18(20)26)22(30)28-33(31,32)17-8-5-15(24)6-9-17/h1-12H,(H,28,30). The van der Waals surface area contributed by atoms with Gasteiger partial charge in [0, 0.05) is 20.1 Å². The normalized spacial score (nSPS) is 11.4. The van der Waals surface area contributed by atoms with Crippen LogP contribution in [0.4, 0.5) is 0 Å². The van der Waals surface area contributed by atoms with Crippen molar-refractivity contribution in [1.82, 2.24) is 14.5 Å². The number of carbonyl (C=O) groups is 1. The molecule has 0 aliphatic rings. The lowest BCUT2D eigenvalue weighted by Gasteiger charge is -2.10. The maximum atomic E-state index is 12.9. The van der Waals surface area contributed by atoms with E-state index < -0.39 is 15.9 Å². The molecule has 6 nitrogen and oxygen atoms in total. The Labute approximate surface area is 213 Å². The Morgan fingerprint density at radius 2 is 1.52 bits per heavy atom. The molecule has 3 aromatic carbocycles. The predicted molar refractivity (Wildman–Crippen MR) is 133 cm³/mol. The van der Waals surface area contributed by atoms with E-state index >= 15 is 0 Å². The summed E-state index contributed by atoms with van der Waals surface area (Å²) in [6.45, 7) is 0. The number of nitrogens with one attached hydrogen (secondary N) is 1. The van der Waals surface area contributed by atoms with Crippen molar-refractivity contribution in [3.63, 3.8) is 0 Å². The zero-order valence-electron chi connectivity index (χ0n) is 16.5. The van der Waals surface area contributed by atoms with Gasteiger partial charge in [-0.1, -0.05) is 62.9 Å². The van der Waals surface area contributed by atoms with Crippen LogP contribution in [0.2, 0.25) is 15.1 Å². The van der Waals surface area contributed by atoms with E-state index in [1.54, 1.807) is 18.2 Å². The van der Waals surface area contributed by atoms with E-state index in [1.807, 2.05) is 29.0 Å². The summed E-state index contributed by atoms with van der Waals surface area (Å²) in [6, 6.07) is 19.1. The fourth-order valence-corrected chi connectivity index (χ4v) is 4.84. The first-order valence-corrected chi connectivity index (χ1v) is 12.7. The first-order chi connectivity index (χ1) is 15.6. The Kier molecular flexibility index (Phi) is 6.83. The summed E-state index contributed by atoms with van der Waals surface area (Å²) in [5.74, 6) is -0.896. The first-order valence-electron chi connectivity index (χ1n) is 9.28. The van der Waals surface area contributed by atoms with Crippen molar-refractivity contribution in [3.05, 3.63) is 98.0 Å². The molecular weight excluding hydrogens is 573 g/mol. The van der Waals surface area contributed by atoms with Crippen molar-refractivity contribution < 1.29 is 13.2 Å². The number of hydrogen-bond donors (Lipinski definition) is 1. The molecule has 0 aliphatic carbocycles. The molecule has 0 fully saturated rings. The molecule has 0 bridgehead atoms. The van der Waals surface area contributed by atoms with E-state index in [1.165, 1.54) is 35.0 Å². The number of benzene rings is 3. The second-order valence-electron chi connectivity index (χ2n) is 6.82. The molecule has 4 rings (SSSR count). The van der Waals surface area contributed by atoms with Gasteiger partial charge in [0.25, 0.3) is 15.9 Å². The van der Waals surface area contributed by atoms with Crippen LogP contribution in [0.15, 0.2) is 82.2 Å². The van der Waals surface area contributed by atoms with Gasteiger partial charge in [-0.2, -0.15) is 5.10 Å². The van der Waals surface area contributed by atoms with E-state index in [0.717, 1.165) is 10.0 Å². The summed E-state index contributed by atoms with van der Waals surface area (Å²) < 4.78 is 29.6. The Hall–Kier alpha value is -2.36. The molecule has 11 heteroatoms. The fraction of sp³-hybridized carbons (Fsp3) is 0. The van der Waals surface area contributed by atoms with Gasteiger partial charge in [-0.05, 0) is 60.7 Å². The minimum Gasteiger partial charge on any atom is -0.266 e. The summed E-state index contributed by atoms with van der Waals surface area (Å²) in [5.41, 5.74) is 1.62. The van der Waals surface area contributed by atoms with E-state index in [9.17, 15) is 13.2 Å². The number of amides is 1. The fourth-order valence-electron chi connectivity index (χ4n) is 3.00. The SMILES string of the molecule is O=C(NS(=O)(=O)c1ccc(Cl)cc1)c1cc(-c2ccc(Br)cc2)n(-c2ccc(Cl)cc2Cl)n1. The summed E-state index contributed by atoms with van der Waals surface area (Å²) in [4.78, 5) is 12.8. The molecule has 1 amide bonds. The first kappa shape index (κ1) is 23.8. The molecule has 4 aromatic rings. The molecule has 1 aromatic heterocycles. The van der Waals surface area contributed by atoms with Gasteiger partial charge >= 0.3 is 0 Å². The number of hydrogen-bond acceptors (Lipinski definition) is 4. The quantitative estimate of drug-likeness (QED) is 0.295. The second-order valence-corrected chi connectivity index (χ2v) is 10.7. The van der Waals surface area contributed by atoms with E-state index in [0.29, 0.717) is 26.4 Å². The van der Waals surface area contributed by atoms with Gasteiger partial charge in [-0.3, -0.25) is 4.79 Å². The minimum absolute atomic E-state index is 0.103. The van der Waals surface area contributed by atoms with Crippen molar-refractivity contribution in [3.8, 4) is 16.9 Å². The number of aromatic nitrogens is 2. The van der Waals surface area contributed by atoms with Crippen LogP contribution in [-0.4, -0.2) is 24.1 Å². The molecule has 0 radical (unpaired) electrons. The lowest BCUT2D eigenvalue weighted by Crippen LogP contribution is -2.31. The Morgan fingerprint density at radius 3 is 2.15 bits per heavy atom. The molecule has 33 heavy (non-hydrogen) atoms. The topological polar surface area (TPSA) is 81.1 Å². The van der Waals surface area contributed by atoms with Gasteiger partial charge in [0.15, 0.2) is 5.69 Å². The number of nitrogens with zero attached hydrogens (tertiary/aromatic N) is 2. The highest BCUT2D eigenvalue weighted by atomic mass is 79.9. The molecule has 0 unspecified atom stereocenters. The molecule has 0 spiro atoms. The highest BCUT2D eigenvalue weighted by molar-refractivity contribution is 9.10. The average molecular weight is 586 g/mol. The Morgan fingerprint density at radius 1 is 0.879 bits per heavy atom. The maximum absolute atomic E-state index is 12.9. The van der Waals surface area contributed by atoms with E-state index in [-0.39, 0.29) is 10.6 Å². The largest absolute Gasteiger partial charge is 0.285 e. The van der Waals surface area contributed by atoms with Crippen molar-refractivity contribution in [2.75, 3.05) is 0 Å². The average Bonchev–Trinajstić information content (AvgIpc) is 3.19. The van der Waals surface area contributed by atoms with E-state index in [2.05, 4.69) is 21.0 Å². The Bertz CT molecular complexity index is 1450. The van der Waals surface area contributed by atoms with Crippen LogP contribution in [0.25, 0.3) is 16.9 Å². The minimum atomic E-state index is -4.13. The Balaban J connectivity index is 1.76. The molecule has 0 saturated heterocycles. The van der Waals surface area contributed by atoms with Crippen LogP contribution in [-0.2, 0) is 10.0 Å². The van der Waals surface area contributed by atoms with Gasteiger partial charge in [0.05, 0.1) is 21.3 Å². The summed E-state index contributed by atoms with van der Waals surface area (Å²) in [5, 5.41) is 5.46. The van der Waals surface area contributed by atoms with Crippen molar-refractivity contribution in [2.24, 2.45) is 0 Å². The molecule has 0 saturated carbocycles. The van der Waals surface area contributed by atoms with Gasteiger partial charge in [-0.15, -0.1) is 0 Å². The molecule has 168 valence electrons. The van der Waals surface area contributed by atoms with Gasteiger partial charge in [0.2, 0.25) is 0 Å². The molecule has 0 atom stereocenters. The smallest absolute Gasteiger partial charge is 0.266 e. The summed E-state index contributed by atoms with van der Waals surface area (Å²) >= 11 is 21.6. The third-order valence-electron chi connectivity index (χ3n) is 4.57. The highest BCUT2D eigenvalue weighted by Gasteiger charge is 2.23. The zero-order valence-corrected chi connectivity index (χ0v) is 21.1. The van der Waals surface area contributed by atoms with Crippen molar-refractivity contribution >= 4 is 66.7 Å². The molecular formula is C22H13BrCl3N3O3S. The van der Waals surface area contributed by atoms with Crippen LogP contribution >= 0.6 is 50.7 Å².